The molecule has 0 aromatic heterocycles. The van der Waals surface area contributed by atoms with Gasteiger partial charge in [0.1, 0.15) is 0 Å². The number of nitrogens with zero attached hydrogens (tertiary/aromatic N) is 2. The van der Waals surface area contributed by atoms with E-state index in [-0.39, 0.29) is 11.3 Å². The van der Waals surface area contributed by atoms with Crippen LogP contribution in [0.4, 0.5) is 0 Å². The lowest BCUT2D eigenvalue weighted by Crippen LogP contribution is -2.50. The van der Waals surface area contributed by atoms with Gasteiger partial charge in [-0.25, -0.2) is 0 Å². The summed E-state index contributed by atoms with van der Waals surface area (Å²) in [7, 11) is 0. The summed E-state index contributed by atoms with van der Waals surface area (Å²) in [5.74, 6) is 0.160. The highest BCUT2D eigenvalue weighted by atomic mass is 16.2. The highest BCUT2D eigenvalue weighted by molar-refractivity contribution is 5.96. The molecule has 2 N–H and O–H groups in total. The quantitative estimate of drug-likeness (QED) is 0.921. The van der Waals surface area contributed by atoms with Crippen LogP contribution in [-0.4, -0.2) is 55.0 Å². The van der Waals surface area contributed by atoms with Crippen molar-refractivity contribution in [2.75, 3.05) is 39.3 Å². The Balaban J connectivity index is 2.12. The average molecular weight is 289 g/mol. The molecule has 1 heterocycles. The largest absolute Gasteiger partial charge is 0.336 e. The molecule has 1 fully saturated rings. The molecule has 0 spiro atoms. The van der Waals surface area contributed by atoms with E-state index in [2.05, 4.69) is 31.7 Å². The van der Waals surface area contributed by atoms with Crippen molar-refractivity contribution in [3.8, 4) is 0 Å². The van der Waals surface area contributed by atoms with E-state index in [1.807, 2.05) is 23.1 Å². The van der Waals surface area contributed by atoms with Crippen molar-refractivity contribution < 1.29 is 4.79 Å². The molecule has 1 amide bonds. The predicted octanol–water partition coefficient (Wildman–Crippen LogP) is 1.70. The Morgan fingerprint density at radius 1 is 1.14 bits per heavy atom. The van der Waals surface area contributed by atoms with Crippen LogP contribution in [0, 0.1) is 0 Å². The van der Waals surface area contributed by atoms with Crippen LogP contribution < -0.4 is 5.73 Å². The molecule has 1 aliphatic heterocycles. The molecule has 4 heteroatoms. The Morgan fingerprint density at radius 2 is 1.76 bits per heavy atom. The normalized spacial score (nSPS) is 17.0. The molecule has 1 aromatic carbocycles. The van der Waals surface area contributed by atoms with Gasteiger partial charge in [-0.2, -0.15) is 0 Å². The van der Waals surface area contributed by atoms with Crippen LogP contribution in [0.5, 0.6) is 0 Å². The van der Waals surface area contributed by atoms with E-state index in [1.165, 1.54) is 0 Å². The third-order valence-electron chi connectivity index (χ3n) is 4.07. The monoisotopic (exact) mass is 289 g/mol. The Kier molecular flexibility index (Phi) is 5.01. The first-order chi connectivity index (χ1) is 9.93. The zero-order valence-electron chi connectivity index (χ0n) is 13.4. The van der Waals surface area contributed by atoms with E-state index in [1.54, 1.807) is 0 Å². The van der Waals surface area contributed by atoms with Crippen LogP contribution in [-0.2, 0) is 5.41 Å². The lowest BCUT2D eigenvalue weighted by atomic mass is 9.83. The molecular formula is C17H27N3O. The minimum Gasteiger partial charge on any atom is -0.336 e. The fourth-order valence-electron chi connectivity index (χ4n) is 2.85. The van der Waals surface area contributed by atoms with Gasteiger partial charge in [0.25, 0.3) is 5.91 Å². The van der Waals surface area contributed by atoms with E-state index in [4.69, 9.17) is 5.73 Å². The fourth-order valence-corrected chi connectivity index (χ4v) is 2.85. The Hall–Kier alpha value is -1.39. The van der Waals surface area contributed by atoms with Gasteiger partial charge in [0.2, 0.25) is 0 Å². The zero-order chi connectivity index (χ0) is 15.5. The third kappa shape index (κ3) is 3.83. The molecule has 2 rings (SSSR count). The van der Waals surface area contributed by atoms with Crippen LogP contribution in [0.3, 0.4) is 0 Å². The van der Waals surface area contributed by atoms with Gasteiger partial charge >= 0.3 is 0 Å². The van der Waals surface area contributed by atoms with E-state index >= 15 is 0 Å². The maximum Gasteiger partial charge on any atom is 0.254 e. The molecule has 1 aromatic rings. The van der Waals surface area contributed by atoms with Gasteiger partial charge in [-0.3, -0.25) is 9.69 Å². The van der Waals surface area contributed by atoms with E-state index in [0.717, 1.165) is 43.9 Å². The first kappa shape index (κ1) is 16.0. The Labute approximate surface area is 127 Å². The van der Waals surface area contributed by atoms with Crippen LogP contribution in [0.1, 0.15) is 36.7 Å². The molecule has 21 heavy (non-hydrogen) atoms. The van der Waals surface area contributed by atoms with Crippen LogP contribution >= 0.6 is 0 Å². The number of hydrogen-bond acceptors (Lipinski definition) is 3. The second-order valence-electron chi connectivity index (χ2n) is 6.72. The summed E-state index contributed by atoms with van der Waals surface area (Å²) in [6.07, 6.45) is 0. The van der Waals surface area contributed by atoms with E-state index in [0.29, 0.717) is 6.54 Å². The van der Waals surface area contributed by atoms with Gasteiger partial charge in [0, 0.05) is 44.8 Å². The number of amides is 1. The maximum atomic E-state index is 12.8. The Morgan fingerprint density at radius 3 is 2.33 bits per heavy atom. The molecule has 116 valence electrons. The molecule has 1 saturated heterocycles. The SMILES string of the molecule is CC(C)(C)c1ccccc1C(=O)N1CCN(CCN)CC1. The van der Waals surface area contributed by atoms with Crippen molar-refractivity contribution in [2.24, 2.45) is 5.73 Å². The van der Waals surface area contributed by atoms with Gasteiger partial charge in [-0.15, -0.1) is 0 Å². The average Bonchev–Trinajstić information content (AvgIpc) is 2.47. The summed E-state index contributed by atoms with van der Waals surface area (Å²) in [4.78, 5) is 17.1. The number of nitrogens with two attached hydrogens (primary N) is 1. The first-order valence-electron chi connectivity index (χ1n) is 7.74. The molecule has 0 bridgehead atoms. The summed E-state index contributed by atoms with van der Waals surface area (Å²) >= 11 is 0. The van der Waals surface area contributed by atoms with Gasteiger partial charge in [0.15, 0.2) is 0 Å². The Bertz CT molecular complexity index is 485. The smallest absolute Gasteiger partial charge is 0.254 e. The molecule has 0 radical (unpaired) electrons. The van der Waals surface area contributed by atoms with Gasteiger partial charge < -0.3 is 10.6 Å². The van der Waals surface area contributed by atoms with Crippen LogP contribution in [0.25, 0.3) is 0 Å². The lowest BCUT2D eigenvalue weighted by molar-refractivity contribution is 0.0638. The summed E-state index contributed by atoms with van der Waals surface area (Å²) in [5, 5.41) is 0. The molecule has 0 unspecified atom stereocenters. The lowest BCUT2D eigenvalue weighted by Gasteiger charge is -2.35. The predicted molar refractivity (Wildman–Crippen MR) is 86.5 cm³/mol. The number of carbonyl (C=O) groups excluding carboxylic acids is 1. The number of benzene rings is 1. The molecule has 4 nitrogen and oxygen atoms in total. The summed E-state index contributed by atoms with van der Waals surface area (Å²) in [5.41, 5.74) is 7.54. The van der Waals surface area contributed by atoms with Crippen molar-refractivity contribution in [1.82, 2.24) is 9.80 Å². The number of hydrogen-bond donors (Lipinski definition) is 1. The second-order valence-corrected chi connectivity index (χ2v) is 6.72. The van der Waals surface area contributed by atoms with Crippen molar-refractivity contribution in [3.05, 3.63) is 35.4 Å². The molecule has 0 atom stereocenters. The minimum atomic E-state index is -0.0202. The third-order valence-corrected chi connectivity index (χ3v) is 4.07. The van der Waals surface area contributed by atoms with Crippen molar-refractivity contribution in [3.63, 3.8) is 0 Å². The van der Waals surface area contributed by atoms with Gasteiger partial charge in [-0.05, 0) is 17.0 Å². The van der Waals surface area contributed by atoms with Gasteiger partial charge in [0.05, 0.1) is 0 Å². The second kappa shape index (κ2) is 6.58. The standard InChI is InChI=1S/C17H27N3O/c1-17(2,3)15-7-5-4-6-14(15)16(21)20-12-10-19(9-8-18)11-13-20/h4-7H,8-13,18H2,1-3H3. The summed E-state index contributed by atoms with van der Waals surface area (Å²) in [6, 6.07) is 7.98. The zero-order valence-corrected chi connectivity index (χ0v) is 13.4. The van der Waals surface area contributed by atoms with Gasteiger partial charge in [-0.1, -0.05) is 39.0 Å². The number of carbonyl (C=O) groups is 1. The van der Waals surface area contributed by atoms with E-state index in [9.17, 15) is 4.79 Å². The number of rotatable bonds is 3. The van der Waals surface area contributed by atoms with Crippen LogP contribution in [0.15, 0.2) is 24.3 Å². The highest BCUT2D eigenvalue weighted by Crippen LogP contribution is 2.26. The molecular weight excluding hydrogens is 262 g/mol. The fraction of sp³-hybridized carbons (Fsp3) is 0.588. The van der Waals surface area contributed by atoms with Crippen molar-refractivity contribution >= 4 is 5.91 Å². The molecule has 0 saturated carbocycles. The maximum absolute atomic E-state index is 12.8. The summed E-state index contributed by atoms with van der Waals surface area (Å²) in [6.45, 7) is 11.5. The van der Waals surface area contributed by atoms with E-state index < -0.39 is 0 Å². The van der Waals surface area contributed by atoms with Crippen molar-refractivity contribution in [2.45, 2.75) is 26.2 Å². The van der Waals surface area contributed by atoms with Crippen LogP contribution in [0.2, 0.25) is 0 Å². The highest BCUT2D eigenvalue weighted by Gasteiger charge is 2.26. The topological polar surface area (TPSA) is 49.6 Å². The molecule has 1 aliphatic rings. The first-order valence-corrected chi connectivity index (χ1v) is 7.74. The number of piperazine rings is 1. The summed E-state index contributed by atoms with van der Waals surface area (Å²) < 4.78 is 0. The molecule has 0 aliphatic carbocycles. The van der Waals surface area contributed by atoms with Crippen molar-refractivity contribution in [1.29, 1.82) is 0 Å². The minimum absolute atomic E-state index is 0.0202.